The topological polar surface area (TPSA) is 64.8 Å². The SMILES string of the molecule is CCCCC(N)C(=O)N1CCOC2(CCOCC2)C1. The minimum atomic E-state index is -0.352. The van der Waals surface area contributed by atoms with Crippen LogP contribution in [0.1, 0.15) is 39.0 Å². The van der Waals surface area contributed by atoms with Crippen molar-refractivity contribution in [1.82, 2.24) is 4.90 Å². The second-order valence-electron chi connectivity index (χ2n) is 5.65. The summed E-state index contributed by atoms with van der Waals surface area (Å²) in [5, 5.41) is 0. The van der Waals surface area contributed by atoms with Crippen LogP contribution in [0.3, 0.4) is 0 Å². The Labute approximate surface area is 115 Å². The number of unbranched alkanes of at least 4 members (excludes halogenated alkanes) is 1. The van der Waals surface area contributed by atoms with Crippen molar-refractivity contribution >= 4 is 5.91 Å². The molecule has 1 amide bonds. The van der Waals surface area contributed by atoms with Gasteiger partial charge in [0.25, 0.3) is 0 Å². The molecule has 0 bridgehead atoms. The minimum absolute atomic E-state index is 0.0858. The van der Waals surface area contributed by atoms with Crippen molar-refractivity contribution in [2.75, 3.05) is 32.9 Å². The number of rotatable bonds is 4. The molecule has 0 radical (unpaired) electrons. The Morgan fingerprint density at radius 1 is 1.37 bits per heavy atom. The smallest absolute Gasteiger partial charge is 0.239 e. The molecule has 19 heavy (non-hydrogen) atoms. The van der Waals surface area contributed by atoms with Gasteiger partial charge in [0.05, 0.1) is 18.2 Å². The van der Waals surface area contributed by atoms with Crippen LogP contribution in [-0.4, -0.2) is 55.4 Å². The third-order valence-corrected chi connectivity index (χ3v) is 4.15. The van der Waals surface area contributed by atoms with Crippen LogP contribution in [0.2, 0.25) is 0 Å². The van der Waals surface area contributed by atoms with Gasteiger partial charge in [-0.3, -0.25) is 4.79 Å². The van der Waals surface area contributed by atoms with Gasteiger partial charge in [-0.2, -0.15) is 0 Å². The van der Waals surface area contributed by atoms with E-state index in [1.807, 2.05) is 4.90 Å². The lowest BCUT2D eigenvalue weighted by Crippen LogP contribution is -2.58. The van der Waals surface area contributed by atoms with Crippen molar-refractivity contribution in [2.45, 2.75) is 50.7 Å². The molecule has 110 valence electrons. The van der Waals surface area contributed by atoms with E-state index in [4.69, 9.17) is 15.2 Å². The molecule has 0 saturated carbocycles. The Bertz CT molecular complexity index is 298. The molecule has 1 atom stereocenters. The van der Waals surface area contributed by atoms with Crippen LogP contribution in [0.25, 0.3) is 0 Å². The van der Waals surface area contributed by atoms with E-state index in [1.54, 1.807) is 0 Å². The van der Waals surface area contributed by atoms with Gasteiger partial charge in [-0.05, 0) is 6.42 Å². The van der Waals surface area contributed by atoms with Crippen LogP contribution < -0.4 is 5.73 Å². The van der Waals surface area contributed by atoms with Crippen molar-refractivity contribution in [3.63, 3.8) is 0 Å². The number of ether oxygens (including phenoxy) is 2. The zero-order valence-corrected chi connectivity index (χ0v) is 11.9. The molecule has 1 unspecified atom stereocenters. The molecule has 2 heterocycles. The minimum Gasteiger partial charge on any atom is -0.381 e. The molecule has 2 fully saturated rings. The standard InChI is InChI=1S/C14H26N2O3/c1-2-3-4-12(15)13(17)16-7-10-19-14(11-16)5-8-18-9-6-14/h12H,2-11,15H2,1H3. The van der Waals surface area contributed by atoms with Crippen LogP contribution in [0.5, 0.6) is 0 Å². The zero-order chi connectivity index (χ0) is 13.7. The Morgan fingerprint density at radius 3 is 2.79 bits per heavy atom. The highest BCUT2D eigenvalue weighted by Crippen LogP contribution is 2.29. The van der Waals surface area contributed by atoms with Crippen LogP contribution in [-0.2, 0) is 14.3 Å². The van der Waals surface area contributed by atoms with Crippen molar-refractivity contribution in [3.8, 4) is 0 Å². The third-order valence-electron chi connectivity index (χ3n) is 4.15. The van der Waals surface area contributed by atoms with E-state index in [-0.39, 0.29) is 17.6 Å². The van der Waals surface area contributed by atoms with Gasteiger partial charge in [0.2, 0.25) is 5.91 Å². The molecule has 2 rings (SSSR count). The van der Waals surface area contributed by atoms with Crippen molar-refractivity contribution in [2.24, 2.45) is 5.73 Å². The van der Waals surface area contributed by atoms with E-state index in [0.717, 1.165) is 45.3 Å². The number of morpholine rings is 1. The first-order valence-electron chi connectivity index (χ1n) is 7.43. The van der Waals surface area contributed by atoms with Crippen molar-refractivity contribution in [3.05, 3.63) is 0 Å². The fourth-order valence-corrected chi connectivity index (χ4v) is 2.86. The number of amides is 1. The second-order valence-corrected chi connectivity index (χ2v) is 5.65. The molecular weight excluding hydrogens is 244 g/mol. The van der Waals surface area contributed by atoms with Gasteiger partial charge in [-0.15, -0.1) is 0 Å². The molecule has 2 aliphatic heterocycles. The summed E-state index contributed by atoms with van der Waals surface area (Å²) in [6.45, 7) is 5.53. The van der Waals surface area contributed by atoms with Gasteiger partial charge >= 0.3 is 0 Å². The number of hydrogen-bond donors (Lipinski definition) is 1. The fraction of sp³-hybridized carbons (Fsp3) is 0.929. The number of nitrogens with zero attached hydrogens (tertiary/aromatic N) is 1. The van der Waals surface area contributed by atoms with E-state index in [9.17, 15) is 4.79 Å². The lowest BCUT2D eigenvalue weighted by atomic mass is 9.91. The van der Waals surface area contributed by atoms with Gasteiger partial charge in [0.15, 0.2) is 0 Å². The lowest BCUT2D eigenvalue weighted by molar-refractivity contribution is -0.168. The van der Waals surface area contributed by atoms with Gasteiger partial charge in [0.1, 0.15) is 0 Å². The maximum absolute atomic E-state index is 12.3. The van der Waals surface area contributed by atoms with Crippen LogP contribution in [0.4, 0.5) is 0 Å². The normalized spacial score (nSPS) is 24.4. The molecule has 0 aromatic carbocycles. The maximum atomic E-state index is 12.3. The predicted octanol–water partition coefficient (Wildman–Crippen LogP) is 0.912. The summed E-state index contributed by atoms with van der Waals surface area (Å²) in [6, 6.07) is -0.352. The summed E-state index contributed by atoms with van der Waals surface area (Å²) < 4.78 is 11.3. The Hall–Kier alpha value is -0.650. The predicted molar refractivity (Wildman–Crippen MR) is 72.8 cm³/mol. The number of hydrogen-bond acceptors (Lipinski definition) is 4. The molecule has 2 aliphatic rings. The van der Waals surface area contributed by atoms with Gasteiger partial charge < -0.3 is 20.1 Å². The van der Waals surface area contributed by atoms with Crippen LogP contribution >= 0.6 is 0 Å². The lowest BCUT2D eigenvalue weighted by Gasteiger charge is -2.45. The molecular formula is C14H26N2O3. The van der Waals surface area contributed by atoms with Crippen molar-refractivity contribution in [1.29, 1.82) is 0 Å². The average Bonchev–Trinajstić information content (AvgIpc) is 2.45. The maximum Gasteiger partial charge on any atom is 0.239 e. The molecule has 1 spiro atoms. The molecule has 0 aliphatic carbocycles. The zero-order valence-electron chi connectivity index (χ0n) is 11.9. The van der Waals surface area contributed by atoms with E-state index in [1.165, 1.54) is 0 Å². The average molecular weight is 270 g/mol. The summed E-state index contributed by atoms with van der Waals surface area (Å²) in [5.74, 6) is 0.0858. The van der Waals surface area contributed by atoms with E-state index < -0.39 is 0 Å². The molecule has 2 N–H and O–H groups in total. The van der Waals surface area contributed by atoms with E-state index in [0.29, 0.717) is 19.7 Å². The first-order valence-corrected chi connectivity index (χ1v) is 7.43. The fourth-order valence-electron chi connectivity index (χ4n) is 2.86. The number of carbonyl (C=O) groups excluding carboxylic acids is 1. The monoisotopic (exact) mass is 270 g/mol. The quantitative estimate of drug-likeness (QED) is 0.825. The van der Waals surface area contributed by atoms with Crippen molar-refractivity contribution < 1.29 is 14.3 Å². The molecule has 0 aromatic heterocycles. The van der Waals surface area contributed by atoms with Crippen LogP contribution in [0, 0.1) is 0 Å². The third kappa shape index (κ3) is 3.68. The van der Waals surface area contributed by atoms with Gasteiger partial charge in [-0.1, -0.05) is 19.8 Å². The van der Waals surface area contributed by atoms with Gasteiger partial charge in [-0.25, -0.2) is 0 Å². The van der Waals surface area contributed by atoms with Gasteiger partial charge in [0, 0.05) is 39.1 Å². The highest BCUT2D eigenvalue weighted by atomic mass is 16.5. The highest BCUT2D eigenvalue weighted by molar-refractivity contribution is 5.81. The summed E-state index contributed by atoms with van der Waals surface area (Å²) >= 11 is 0. The number of nitrogens with two attached hydrogens (primary N) is 1. The molecule has 0 aromatic rings. The van der Waals surface area contributed by atoms with Crippen LogP contribution in [0.15, 0.2) is 0 Å². The Kier molecular flexibility index (Phi) is 5.19. The molecule has 2 saturated heterocycles. The second kappa shape index (κ2) is 6.68. The summed E-state index contributed by atoms with van der Waals surface area (Å²) in [5.41, 5.74) is 5.81. The number of carbonyl (C=O) groups is 1. The largest absolute Gasteiger partial charge is 0.381 e. The summed E-state index contributed by atoms with van der Waals surface area (Å²) in [4.78, 5) is 14.2. The Morgan fingerprint density at radius 2 is 2.11 bits per heavy atom. The summed E-state index contributed by atoms with van der Waals surface area (Å²) in [7, 11) is 0. The van der Waals surface area contributed by atoms with E-state index in [2.05, 4.69) is 6.92 Å². The summed E-state index contributed by atoms with van der Waals surface area (Å²) in [6.07, 6.45) is 4.62. The first kappa shape index (κ1) is 14.8. The highest BCUT2D eigenvalue weighted by Gasteiger charge is 2.40. The van der Waals surface area contributed by atoms with E-state index >= 15 is 0 Å². The molecule has 5 heteroatoms. The Balaban J connectivity index is 1.91. The first-order chi connectivity index (χ1) is 9.17. The molecule has 5 nitrogen and oxygen atoms in total.